The second kappa shape index (κ2) is 9.97. The van der Waals surface area contributed by atoms with E-state index in [9.17, 15) is 9.59 Å². The first kappa shape index (κ1) is 22.1. The average Bonchev–Trinajstić information content (AvgIpc) is 3.04. The van der Waals surface area contributed by atoms with Gasteiger partial charge in [0.05, 0.1) is 12.3 Å². The molecule has 0 aliphatic rings. The highest BCUT2D eigenvalue weighted by Crippen LogP contribution is 2.23. The van der Waals surface area contributed by atoms with Gasteiger partial charge in [-0.3, -0.25) is 9.59 Å². The van der Waals surface area contributed by atoms with Crippen molar-refractivity contribution in [2.24, 2.45) is 7.05 Å². The molecule has 0 aliphatic heterocycles. The van der Waals surface area contributed by atoms with E-state index in [1.54, 1.807) is 41.9 Å². The van der Waals surface area contributed by atoms with Gasteiger partial charge in [-0.1, -0.05) is 52.7 Å². The van der Waals surface area contributed by atoms with Crippen LogP contribution in [0.15, 0.2) is 47.6 Å². The van der Waals surface area contributed by atoms with Gasteiger partial charge < -0.3 is 15.2 Å². The molecular formula is C20H19Cl2N5O2S. The molecule has 0 aliphatic carbocycles. The molecule has 1 heterocycles. The first-order chi connectivity index (χ1) is 14.3. The van der Waals surface area contributed by atoms with Crippen LogP contribution in [0.5, 0.6) is 0 Å². The predicted octanol–water partition coefficient (Wildman–Crippen LogP) is 4.09. The van der Waals surface area contributed by atoms with Gasteiger partial charge in [0.25, 0.3) is 5.91 Å². The molecule has 2 N–H and O–H groups in total. The number of halogens is 2. The highest BCUT2D eigenvalue weighted by Gasteiger charge is 2.13. The minimum absolute atomic E-state index is 0.131. The van der Waals surface area contributed by atoms with Crippen LogP contribution in [0.1, 0.15) is 21.7 Å². The molecule has 2 amide bonds. The maximum absolute atomic E-state index is 12.2. The van der Waals surface area contributed by atoms with Gasteiger partial charge in [0.2, 0.25) is 5.91 Å². The Morgan fingerprint density at radius 1 is 1.07 bits per heavy atom. The molecule has 0 saturated heterocycles. The molecule has 0 radical (unpaired) electrons. The zero-order chi connectivity index (χ0) is 21.7. The van der Waals surface area contributed by atoms with E-state index >= 15 is 0 Å². The monoisotopic (exact) mass is 463 g/mol. The summed E-state index contributed by atoms with van der Waals surface area (Å²) < 4.78 is 1.74. The number of aryl methyl sites for hydroxylation is 1. The number of amides is 2. The van der Waals surface area contributed by atoms with Gasteiger partial charge in [-0.05, 0) is 37.3 Å². The van der Waals surface area contributed by atoms with Crippen molar-refractivity contribution in [3.05, 3.63) is 69.5 Å². The van der Waals surface area contributed by atoms with Crippen LogP contribution < -0.4 is 10.6 Å². The van der Waals surface area contributed by atoms with Crippen LogP contribution in [0.4, 0.5) is 5.69 Å². The molecule has 0 atom stereocenters. The van der Waals surface area contributed by atoms with Gasteiger partial charge in [-0.2, -0.15) is 0 Å². The number of hydrogen-bond donors (Lipinski definition) is 2. The van der Waals surface area contributed by atoms with E-state index in [2.05, 4.69) is 20.8 Å². The summed E-state index contributed by atoms with van der Waals surface area (Å²) in [5.41, 5.74) is 2.19. The molecule has 2 aromatic carbocycles. The Bertz CT molecular complexity index is 1050. The summed E-state index contributed by atoms with van der Waals surface area (Å²) in [5.74, 6) is 0.300. The van der Waals surface area contributed by atoms with E-state index in [0.717, 1.165) is 5.56 Å². The van der Waals surface area contributed by atoms with Crippen molar-refractivity contribution in [1.82, 2.24) is 20.1 Å². The summed E-state index contributed by atoms with van der Waals surface area (Å²) in [5, 5.41) is 15.2. The molecule has 3 aromatic rings. The summed E-state index contributed by atoms with van der Waals surface area (Å²) >= 11 is 13.1. The Labute approximate surface area is 188 Å². The molecule has 3 rings (SSSR count). The van der Waals surface area contributed by atoms with Crippen LogP contribution in [0, 0.1) is 6.92 Å². The Hall–Kier alpha value is -2.55. The third-order valence-electron chi connectivity index (χ3n) is 4.12. The molecule has 1 aromatic heterocycles. The topological polar surface area (TPSA) is 88.9 Å². The fourth-order valence-electron chi connectivity index (χ4n) is 2.54. The Balaban J connectivity index is 1.52. The molecule has 30 heavy (non-hydrogen) atoms. The predicted molar refractivity (Wildman–Crippen MR) is 119 cm³/mol. The highest BCUT2D eigenvalue weighted by atomic mass is 35.5. The lowest BCUT2D eigenvalue weighted by Crippen LogP contribution is -2.24. The smallest absolute Gasteiger partial charge is 0.251 e. The number of hydrogen-bond acceptors (Lipinski definition) is 5. The van der Waals surface area contributed by atoms with Gasteiger partial charge in [0, 0.05) is 28.3 Å². The van der Waals surface area contributed by atoms with Crippen molar-refractivity contribution in [2.75, 3.05) is 11.1 Å². The molecular weight excluding hydrogens is 445 g/mol. The number of thioether (sulfide) groups is 1. The van der Waals surface area contributed by atoms with Gasteiger partial charge in [-0.25, -0.2) is 0 Å². The van der Waals surface area contributed by atoms with Gasteiger partial charge >= 0.3 is 0 Å². The lowest BCUT2D eigenvalue weighted by atomic mass is 10.1. The van der Waals surface area contributed by atoms with E-state index in [1.165, 1.54) is 11.8 Å². The second-order valence-corrected chi connectivity index (χ2v) is 8.32. The van der Waals surface area contributed by atoms with Crippen molar-refractivity contribution in [2.45, 2.75) is 18.6 Å². The number of nitrogens with zero attached hydrogens (tertiary/aromatic N) is 3. The van der Waals surface area contributed by atoms with Crippen molar-refractivity contribution >= 4 is 52.5 Å². The second-order valence-electron chi connectivity index (χ2n) is 6.50. The number of anilines is 1. The van der Waals surface area contributed by atoms with Gasteiger partial charge in [-0.15, -0.1) is 10.2 Å². The van der Waals surface area contributed by atoms with Crippen molar-refractivity contribution in [3.63, 3.8) is 0 Å². The lowest BCUT2D eigenvalue weighted by Gasteiger charge is -2.07. The van der Waals surface area contributed by atoms with Gasteiger partial charge in [0.15, 0.2) is 11.0 Å². The number of aromatic nitrogens is 3. The van der Waals surface area contributed by atoms with E-state index in [0.29, 0.717) is 32.3 Å². The normalized spacial score (nSPS) is 10.7. The number of nitrogens with one attached hydrogen (secondary N) is 2. The fraction of sp³-hybridized carbons (Fsp3) is 0.200. The third kappa shape index (κ3) is 5.98. The highest BCUT2D eigenvalue weighted by molar-refractivity contribution is 7.99. The van der Waals surface area contributed by atoms with E-state index in [1.807, 2.05) is 19.1 Å². The molecule has 0 spiro atoms. The molecule has 7 nitrogen and oxygen atoms in total. The first-order valence-electron chi connectivity index (χ1n) is 8.93. The van der Waals surface area contributed by atoms with Crippen LogP contribution in [-0.4, -0.2) is 32.3 Å². The average molecular weight is 464 g/mol. The van der Waals surface area contributed by atoms with Crippen LogP contribution in [0.25, 0.3) is 0 Å². The van der Waals surface area contributed by atoms with Gasteiger partial charge in [0.1, 0.15) is 0 Å². The summed E-state index contributed by atoms with van der Waals surface area (Å²) in [7, 11) is 1.78. The van der Waals surface area contributed by atoms with Crippen LogP contribution in [0.2, 0.25) is 10.0 Å². The number of rotatable bonds is 7. The Morgan fingerprint density at radius 2 is 1.73 bits per heavy atom. The molecule has 156 valence electrons. The minimum Gasteiger partial charge on any atom is -0.345 e. The number of benzene rings is 2. The fourth-order valence-corrected chi connectivity index (χ4v) is 3.80. The zero-order valence-corrected chi connectivity index (χ0v) is 18.6. The summed E-state index contributed by atoms with van der Waals surface area (Å²) in [6.45, 7) is 2.19. The van der Waals surface area contributed by atoms with Crippen LogP contribution in [0.3, 0.4) is 0 Å². The molecule has 0 unspecified atom stereocenters. The summed E-state index contributed by atoms with van der Waals surface area (Å²) in [4.78, 5) is 24.4. The standard InChI is InChI=1S/C20H19Cl2N5O2S/c1-12-3-5-13(6-4-12)19(29)23-10-17-25-26-20(27(17)2)30-11-18(28)24-16-8-14(21)7-15(22)9-16/h3-9H,10-11H2,1-2H3,(H,23,29)(H,24,28). The van der Waals surface area contributed by atoms with E-state index in [4.69, 9.17) is 23.2 Å². The number of carbonyl (C=O) groups is 2. The zero-order valence-electron chi connectivity index (χ0n) is 16.3. The van der Waals surface area contributed by atoms with Crippen LogP contribution >= 0.6 is 35.0 Å². The number of carbonyl (C=O) groups excluding carboxylic acids is 2. The summed E-state index contributed by atoms with van der Waals surface area (Å²) in [6, 6.07) is 12.1. The van der Waals surface area contributed by atoms with E-state index in [-0.39, 0.29) is 24.1 Å². The van der Waals surface area contributed by atoms with Crippen molar-refractivity contribution in [3.8, 4) is 0 Å². The molecule has 10 heteroatoms. The maximum atomic E-state index is 12.2. The molecule has 0 fully saturated rings. The lowest BCUT2D eigenvalue weighted by molar-refractivity contribution is -0.113. The quantitative estimate of drug-likeness (QED) is 0.515. The molecule has 0 saturated carbocycles. The largest absolute Gasteiger partial charge is 0.345 e. The van der Waals surface area contributed by atoms with E-state index < -0.39 is 0 Å². The third-order valence-corrected chi connectivity index (χ3v) is 5.58. The Morgan fingerprint density at radius 3 is 2.40 bits per heavy atom. The molecule has 0 bridgehead atoms. The Kier molecular flexibility index (Phi) is 7.36. The SMILES string of the molecule is Cc1ccc(C(=O)NCc2nnc(SCC(=O)Nc3cc(Cl)cc(Cl)c3)n2C)cc1. The summed E-state index contributed by atoms with van der Waals surface area (Å²) in [6.07, 6.45) is 0. The maximum Gasteiger partial charge on any atom is 0.251 e. The van der Waals surface area contributed by atoms with Crippen LogP contribution in [-0.2, 0) is 18.4 Å². The first-order valence-corrected chi connectivity index (χ1v) is 10.7. The minimum atomic E-state index is -0.226. The van der Waals surface area contributed by atoms with Crippen molar-refractivity contribution in [1.29, 1.82) is 0 Å². The van der Waals surface area contributed by atoms with Crippen molar-refractivity contribution < 1.29 is 9.59 Å².